The fourth-order valence-corrected chi connectivity index (χ4v) is 4.28. The molecule has 1 amide bonds. The van der Waals surface area contributed by atoms with E-state index in [9.17, 15) is 4.79 Å². The Morgan fingerprint density at radius 1 is 1.14 bits per heavy atom. The summed E-state index contributed by atoms with van der Waals surface area (Å²) >= 11 is 1.57. The van der Waals surface area contributed by atoms with Gasteiger partial charge in [0.15, 0.2) is 0 Å². The van der Waals surface area contributed by atoms with Crippen LogP contribution in [0.4, 0.5) is 5.69 Å². The van der Waals surface area contributed by atoms with Gasteiger partial charge in [-0.25, -0.2) is 4.98 Å². The third-order valence-corrected chi connectivity index (χ3v) is 6.07. The summed E-state index contributed by atoms with van der Waals surface area (Å²) < 4.78 is 0. The molecular formula is C22H25N5OS. The first-order chi connectivity index (χ1) is 14.0. The molecule has 1 N–H and O–H groups in total. The third-order valence-electron chi connectivity index (χ3n) is 5.48. The molecule has 29 heavy (non-hydrogen) atoms. The number of rotatable bonds is 5. The SMILES string of the molecule is Cc1nc(C)c(CN2CCCC2C(=O)Nc2ccc(-c3cscn3)cc2)nc1C. The van der Waals surface area contributed by atoms with Crippen LogP contribution in [0, 0.1) is 20.8 Å². The molecule has 3 aromatic rings. The number of thiazole rings is 1. The maximum Gasteiger partial charge on any atom is 0.241 e. The van der Waals surface area contributed by atoms with E-state index in [-0.39, 0.29) is 11.9 Å². The Kier molecular flexibility index (Phi) is 5.69. The molecule has 1 aromatic carbocycles. The molecule has 0 saturated carbocycles. The van der Waals surface area contributed by atoms with Crippen LogP contribution in [-0.2, 0) is 11.3 Å². The van der Waals surface area contributed by atoms with Crippen molar-refractivity contribution in [3.63, 3.8) is 0 Å². The Labute approximate surface area is 175 Å². The first kappa shape index (κ1) is 19.7. The van der Waals surface area contributed by atoms with E-state index in [1.807, 2.05) is 55.9 Å². The second-order valence-electron chi connectivity index (χ2n) is 7.50. The molecule has 7 heteroatoms. The number of carbonyl (C=O) groups excluding carboxylic acids is 1. The topological polar surface area (TPSA) is 71.0 Å². The Balaban J connectivity index is 1.43. The zero-order valence-corrected chi connectivity index (χ0v) is 17.8. The summed E-state index contributed by atoms with van der Waals surface area (Å²) in [7, 11) is 0. The van der Waals surface area contributed by atoms with E-state index in [0.29, 0.717) is 6.54 Å². The number of carbonyl (C=O) groups is 1. The fraction of sp³-hybridized carbons (Fsp3) is 0.364. The number of anilines is 1. The Morgan fingerprint density at radius 2 is 1.90 bits per heavy atom. The number of nitrogens with zero attached hydrogens (tertiary/aromatic N) is 4. The molecule has 0 aliphatic carbocycles. The van der Waals surface area contributed by atoms with Crippen LogP contribution in [0.15, 0.2) is 35.2 Å². The van der Waals surface area contributed by atoms with Gasteiger partial charge in [-0.15, -0.1) is 11.3 Å². The van der Waals surface area contributed by atoms with Crippen molar-refractivity contribution in [2.45, 2.75) is 46.2 Å². The summed E-state index contributed by atoms with van der Waals surface area (Å²) in [4.78, 5) is 28.8. The van der Waals surface area contributed by atoms with Crippen LogP contribution >= 0.6 is 11.3 Å². The van der Waals surface area contributed by atoms with Crippen LogP contribution in [-0.4, -0.2) is 38.3 Å². The normalized spacial score (nSPS) is 16.9. The maximum atomic E-state index is 12.9. The minimum atomic E-state index is -0.143. The van der Waals surface area contributed by atoms with Crippen LogP contribution in [0.25, 0.3) is 11.3 Å². The van der Waals surface area contributed by atoms with Gasteiger partial charge in [-0.05, 0) is 52.3 Å². The van der Waals surface area contributed by atoms with E-state index in [1.54, 1.807) is 11.3 Å². The summed E-state index contributed by atoms with van der Waals surface area (Å²) in [5.41, 5.74) is 8.45. The number of likely N-dealkylation sites (tertiary alicyclic amines) is 1. The Bertz CT molecular complexity index is 1000. The standard InChI is InChI=1S/C22H25N5OS/c1-14-15(2)25-19(16(3)24-14)11-27-10-4-5-21(27)22(28)26-18-8-6-17(7-9-18)20-12-29-13-23-20/h6-9,12-13,21H,4-5,10-11H2,1-3H3,(H,26,28). The van der Waals surface area contributed by atoms with Crippen LogP contribution in [0.3, 0.4) is 0 Å². The second kappa shape index (κ2) is 8.39. The van der Waals surface area contributed by atoms with Gasteiger partial charge in [-0.1, -0.05) is 12.1 Å². The second-order valence-corrected chi connectivity index (χ2v) is 8.21. The summed E-state index contributed by atoms with van der Waals surface area (Å²) in [5.74, 6) is 0.0401. The van der Waals surface area contributed by atoms with Crippen molar-refractivity contribution < 1.29 is 4.79 Å². The van der Waals surface area contributed by atoms with Gasteiger partial charge in [0.1, 0.15) is 0 Å². The molecule has 1 aliphatic heterocycles. The number of hydrogen-bond donors (Lipinski definition) is 1. The van der Waals surface area contributed by atoms with Gasteiger partial charge in [0.2, 0.25) is 5.91 Å². The van der Waals surface area contributed by atoms with Gasteiger partial charge < -0.3 is 5.32 Å². The van der Waals surface area contributed by atoms with Crippen molar-refractivity contribution in [2.24, 2.45) is 0 Å². The highest BCUT2D eigenvalue weighted by molar-refractivity contribution is 7.07. The van der Waals surface area contributed by atoms with Gasteiger partial charge in [0.05, 0.1) is 40.0 Å². The van der Waals surface area contributed by atoms with Crippen molar-refractivity contribution in [3.8, 4) is 11.3 Å². The van der Waals surface area contributed by atoms with E-state index in [1.165, 1.54) is 0 Å². The summed E-state index contributed by atoms with van der Waals surface area (Å²) in [6.45, 7) is 7.50. The van der Waals surface area contributed by atoms with Gasteiger partial charge in [-0.3, -0.25) is 19.7 Å². The molecule has 0 spiro atoms. The molecule has 0 bridgehead atoms. The van der Waals surface area contributed by atoms with Gasteiger partial charge in [-0.2, -0.15) is 0 Å². The van der Waals surface area contributed by atoms with E-state index in [0.717, 1.165) is 59.1 Å². The monoisotopic (exact) mass is 407 g/mol. The number of aryl methyl sites for hydroxylation is 3. The largest absolute Gasteiger partial charge is 0.325 e. The minimum Gasteiger partial charge on any atom is -0.325 e. The van der Waals surface area contributed by atoms with Gasteiger partial charge in [0, 0.05) is 23.2 Å². The molecule has 4 rings (SSSR count). The molecule has 150 valence electrons. The lowest BCUT2D eigenvalue weighted by Crippen LogP contribution is -2.39. The third kappa shape index (κ3) is 4.36. The molecule has 0 radical (unpaired) electrons. The lowest BCUT2D eigenvalue weighted by molar-refractivity contribution is -0.120. The molecule has 1 unspecified atom stereocenters. The summed E-state index contributed by atoms with van der Waals surface area (Å²) in [5, 5.41) is 5.09. The van der Waals surface area contributed by atoms with E-state index in [4.69, 9.17) is 4.98 Å². The predicted octanol–water partition coefficient (Wildman–Crippen LogP) is 4.13. The number of benzene rings is 1. The van der Waals surface area contributed by atoms with E-state index < -0.39 is 0 Å². The van der Waals surface area contributed by atoms with Crippen LogP contribution in [0.5, 0.6) is 0 Å². The van der Waals surface area contributed by atoms with Crippen LogP contribution < -0.4 is 5.32 Å². The molecule has 1 fully saturated rings. The first-order valence-corrected chi connectivity index (χ1v) is 10.8. The number of nitrogens with one attached hydrogen (secondary N) is 1. The maximum absolute atomic E-state index is 12.9. The molecule has 6 nitrogen and oxygen atoms in total. The highest BCUT2D eigenvalue weighted by Crippen LogP contribution is 2.24. The Morgan fingerprint density at radius 3 is 2.62 bits per heavy atom. The molecule has 3 heterocycles. The van der Waals surface area contributed by atoms with Crippen LogP contribution in [0.2, 0.25) is 0 Å². The molecule has 1 aliphatic rings. The highest BCUT2D eigenvalue weighted by Gasteiger charge is 2.31. The summed E-state index contributed by atoms with van der Waals surface area (Å²) in [6.07, 6.45) is 1.87. The van der Waals surface area contributed by atoms with Crippen molar-refractivity contribution in [2.75, 3.05) is 11.9 Å². The minimum absolute atomic E-state index is 0.0401. The van der Waals surface area contributed by atoms with E-state index in [2.05, 4.69) is 20.2 Å². The zero-order chi connectivity index (χ0) is 20.4. The van der Waals surface area contributed by atoms with Gasteiger partial charge >= 0.3 is 0 Å². The summed E-state index contributed by atoms with van der Waals surface area (Å²) in [6, 6.07) is 7.71. The average Bonchev–Trinajstić information content (AvgIpc) is 3.39. The van der Waals surface area contributed by atoms with Crippen molar-refractivity contribution >= 4 is 22.9 Å². The van der Waals surface area contributed by atoms with Gasteiger partial charge in [0.25, 0.3) is 0 Å². The lowest BCUT2D eigenvalue weighted by atomic mass is 10.1. The zero-order valence-electron chi connectivity index (χ0n) is 17.0. The fourth-order valence-electron chi connectivity index (χ4n) is 3.72. The quantitative estimate of drug-likeness (QED) is 0.689. The predicted molar refractivity (Wildman–Crippen MR) is 116 cm³/mol. The van der Waals surface area contributed by atoms with Crippen molar-refractivity contribution in [3.05, 3.63) is 57.9 Å². The number of aromatic nitrogens is 3. The Hall–Kier alpha value is -2.64. The smallest absolute Gasteiger partial charge is 0.241 e. The molecule has 1 atom stereocenters. The van der Waals surface area contributed by atoms with E-state index >= 15 is 0 Å². The van der Waals surface area contributed by atoms with Crippen molar-refractivity contribution in [1.29, 1.82) is 0 Å². The van der Waals surface area contributed by atoms with Crippen molar-refractivity contribution in [1.82, 2.24) is 19.9 Å². The molecular weight excluding hydrogens is 382 g/mol. The lowest BCUT2D eigenvalue weighted by Gasteiger charge is -2.24. The number of hydrogen-bond acceptors (Lipinski definition) is 6. The highest BCUT2D eigenvalue weighted by atomic mass is 32.1. The number of amides is 1. The average molecular weight is 408 g/mol. The first-order valence-electron chi connectivity index (χ1n) is 9.85. The van der Waals surface area contributed by atoms with Crippen LogP contribution in [0.1, 0.15) is 35.6 Å². The molecule has 1 saturated heterocycles. The molecule has 2 aromatic heterocycles.